The van der Waals surface area contributed by atoms with E-state index in [0.29, 0.717) is 13.0 Å². The molecule has 0 aliphatic carbocycles. The zero-order chi connectivity index (χ0) is 14.3. The Morgan fingerprint density at radius 1 is 1.42 bits per heavy atom. The molecule has 5 nitrogen and oxygen atoms in total. The molecule has 0 bridgehead atoms. The number of pyridine rings is 1. The normalized spacial score (nSPS) is 11.0. The maximum Gasteiger partial charge on any atom is 0.237 e. The molecule has 1 heterocycles. The molecule has 104 valence electrons. The van der Waals surface area contributed by atoms with Gasteiger partial charge in [0.05, 0.1) is 5.75 Å². The van der Waals surface area contributed by atoms with Gasteiger partial charge in [-0.1, -0.05) is 6.08 Å². The van der Waals surface area contributed by atoms with E-state index < -0.39 is 21.5 Å². The summed E-state index contributed by atoms with van der Waals surface area (Å²) in [5.74, 6) is -1.03. The lowest BCUT2D eigenvalue weighted by molar-refractivity contribution is -0.127. The Morgan fingerprint density at radius 3 is 2.63 bits per heavy atom. The van der Waals surface area contributed by atoms with E-state index in [1.807, 2.05) is 12.1 Å². The van der Waals surface area contributed by atoms with Crippen molar-refractivity contribution in [3.63, 3.8) is 0 Å². The summed E-state index contributed by atoms with van der Waals surface area (Å²) < 4.78 is 23.0. The van der Waals surface area contributed by atoms with Crippen molar-refractivity contribution in [1.82, 2.24) is 9.88 Å². The maximum absolute atomic E-state index is 11.8. The van der Waals surface area contributed by atoms with Gasteiger partial charge in [0, 0.05) is 26.0 Å². The van der Waals surface area contributed by atoms with Crippen LogP contribution in [0, 0.1) is 0 Å². The van der Waals surface area contributed by atoms with Crippen LogP contribution in [0.4, 0.5) is 0 Å². The topological polar surface area (TPSA) is 67.3 Å². The van der Waals surface area contributed by atoms with E-state index in [2.05, 4.69) is 11.6 Å². The van der Waals surface area contributed by atoms with Crippen molar-refractivity contribution < 1.29 is 13.2 Å². The Bertz CT molecular complexity index is 526. The minimum Gasteiger partial charge on any atom is -0.345 e. The Labute approximate surface area is 113 Å². The Balaban J connectivity index is 2.47. The SMILES string of the molecule is C=CCS(=O)(=O)CC(=O)N(C)CCc1ccncc1. The molecule has 0 aliphatic heterocycles. The molecule has 6 heteroatoms. The van der Waals surface area contributed by atoms with Crippen LogP contribution in [0.1, 0.15) is 5.56 Å². The van der Waals surface area contributed by atoms with Crippen molar-refractivity contribution >= 4 is 15.7 Å². The summed E-state index contributed by atoms with van der Waals surface area (Å²) in [6.45, 7) is 3.84. The number of hydrogen-bond donors (Lipinski definition) is 0. The second-order valence-electron chi connectivity index (χ2n) is 4.26. The highest BCUT2D eigenvalue weighted by atomic mass is 32.2. The van der Waals surface area contributed by atoms with Crippen LogP contribution < -0.4 is 0 Å². The molecular weight excluding hydrogens is 264 g/mol. The summed E-state index contributed by atoms with van der Waals surface area (Å²) in [7, 11) is -1.77. The quantitative estimate of drug-likeness (QED) is 0.690. The minimum absolute atomic E-state index is 0.170. The number of amides is 1. The number of sulfone groups is 1. The second-order valence-corrected chi connectivity index (χ2v) is 6.37. The summed E-state index contributed by atoms with van der Waals surface area (Å²) >= 11 is 0. The highest BCUT2D eigenvalue weighted by Gasteiger charge is 2.18. The van der Waals surface area contributed by atoms with Crippen LogP contribution in [0.15, 0.2) is 37.2 Å². The van der Waals surface area contributed by atoms with Crippen molar-refractivity contribution in [2.75, 3.05) is 25.1 Å². The molecule has 0 saturated carbocycles. The number of carbonyl (C=O) groups is 1. The summed E-state index contributed by atoms with van der Waals surface area (Å²) in [5, 5.41) is 0. The molecular formula is C13H18N2O3S. The van der Waals surface area contributed by atoms with Crippen molar-refractivity contribution in [1.29, 1.82) is 0 Å². The van der Waals surface area contributed by atoms with Crippen molar-refractivity contribution in [2.45, 2.75) is 6.42 Å². The fourth-order valence-corrected chi connectivity index (χ4v) is 2.58. The summed E-state index contributed by atoms with van der Waals surface area (Å²) in [6, 6.07) is 3.74. The number of nitrogens with zero attached hydrogens (tertiary/aromatic N) is 2. The van der Waals surface area contributed by atoms with Crippen LogP contribution in [0.3, 0.4) is 0 Å². The number of rotatable bonds is 7. The lowest BCUT2D eigenvalue weighted by Crippen LogP contribution is -2.34. The molecule has 19 heavy (non-hydrogen) atoms. The zero-order valence-corrected chi connectivity index (χ0v) is 11.8. The van der Waals surface area contributed by atoms with Gasteiger partial charge in [-0.25, -0.2) is 8.42 Å². The molecule has 1 aromatic rings. The molecule has 1 aromatic heterocycles. The van der Waals surface area contributed by atoms with E-state index >= 15 is 0 Å². The van der Waals surface area contributed by atoms with Crippen LogP contribution in [-0.4, -0.2) is 49.3 Å². The van der Waals surface area contributed by atoms with Crippen LogP contribution in [0.5, 0.6) is 0 Å². The van der Waals surface area contributed by atoms with Crippen LogP contribution in [0.2, 0.25) is 0 Å². The molecule has 0 spiro atoms. The molecule has 0 aromatic carbocycles. The third-order valence-corrected chi connectivity index (χ3v) is 4.06. The average Bonchev–Trinajstić information content (AvgIpc) is 2.36. The molecule has 0 N–H and O–H groups in total. The molecule has 0 atom stereocenters. The molecule has 0 aliphatic rings. The largest absolute Gasteiger partial charge is 0.345 e. The van der Waals surface area contributed by atoms with Gasteiger partial charge in [-0.3, -0.25) is 9.78 Å². The summed E-state index contributed by atoms with van der Waals surface area (Å²) in [4.78, 5) is 17.1. The van der Waals surface area contributed by atoms with Crippen LogP contribution in [-0.2, 0) is 21.1 Å². The first-order chi connectivity index (χ1) is 8.94. The minimum atomic E-state index is -3.38. The van der Waals surface area contributed by atoms with Gasteiger partial charge < -0.3 is 4.90 Å². The Hall–Kier alpha value is -1.69. The number of aromatic nitrogens is 1. The van der Waals surface area contributed by atoms with Gasteiger partial charge in [0.2, 0.25) is 5.91 Å². The van der Waals surface area contributed by atoms with Gasteiger partial charge in [0.1, 0.15) is 5.75 Å². The molecule has 0 radical (unpaired) electrons. The zero-order valence-electron chi connectivity index (χ0n) is 10.9. The first kappa shape index (κ1) is 15.4. The third kappa shape index (κ3) is 5.65. The van der Waals surface area contributed by atoms with E-state index in [4.69, 9.17) is 0 Å². The molecule has 1 rings (SSSR count). The Kier molecular flexibility index (Phi) is 5.69. The highest BCUT2D eigenvalue weighted by Crippen LogP contribution is 2.01. The fourth-order valence-electron chi connectivity index (χ4n) is 1.51. The van der Waals surface area contributed by atoms with E-state index in [1.54, 1.807) is 19.4 Å². The van der Waals surface area contributed by atoms with Crippen LogP contribution in [0.25, 0.3) is 0 Å². The average molecular weight is 282 g/mol. The molecule has 0 unspecified atom stereocenters. The van der Waals surface area contributed by atoms with Gasteiger partial charge >= 0.3 is 0 Å². The summed E-state index contributed by atoms with van der Waals surface area (Å²) in [6.07, 6.45) is 5.34. The first-order valence-corrected chi connectivity index (χ1v) is 7.71. The highest BCUT2D eigenvalue weighted by molar-refractivity contribution is 7.92. The molecule has 1 amide bonds. The number of carbonyl (C=O) groups excluding carboxylic acids is 1. The lowest BCUT2D eigenvalue weighted by Gasteiger charge is -2.16. The standard InChI is InChI=1S/C13H18N2O3S/c1-3-10-19(17,18)11-13(16)15(2)9-6-12-4-7-14-8-5-12/h3-5,7-8H,1,6,9-11H2,2H3. The fraction of sp³-hybridized carbons (Fsp3) is 0.385. The van der Waals surface area contributed by atoms with Crippen molar-refractivity contribution in [2.24, 2.45) is 0 Å². The van der Waals surface area contributed by atoms with Gasteiger partial charge in [-0.15, -0.1) is 6.58 Å². The molecule has 0 saturated heterocycles. The molecule has 0 fully saturated rings. The van der Waals surface area contributed by atoms with Crippen LogP contribution >= 0.6 is 0 Å². The van der Waals surface area contributed by atoms with E-state index in [1.165, 1.54) is 11.0 Å². The van der Waals surface area contributed by atoms with Gasteiger partial charge in [-0.05, 0) is 24.1 Å². The number of hydrogen-bond acceptors (Lipinski definition) is 4. The van der Waals surface area contributed by atoms with Gasteiger partial charge in [-0.2, -0.15) is 0 Å². The van der Waals surface area contributed by atoms with E-state index in [0.717, 1.165) is 5.56 Å². The third-order valence-electron chi connectivity index (χ3n) is 2.63. The van der Waals surface area contributed by atoms with Gasteiger partial charge in [0.25, 0.3) is 0 Å². The predicted octanol–water partition coefficient (Wildman–Crippen LogP) is 0.683. The van der Waals surface area contributed by atoms with Crippen molar-refractivity contribution in [3.05, 3.63) is 42.7 Å². The second kappa shape index (κ2) is 7.04. The lowest BCUT2D eigenvalue weighted by atomic mass is 10.2. The smallest absolute Gasteiger partial charge is 0.237 e. The Morgan fingerprint density at radius 2 is 2.05 bits per heavy atom. The first-order valence-electron chi connectivity index (χ1n) is 5.89. The van der Waals surface area contributed by atoms with E-state index in [-0.39, 0.29) is 5.75 Å². The summed E-state index contributed by atoms with van der Waals surface area (Å²) in [5.41, 5.74) is 1.06. The monoisotopic (exact) mass is 282 g/mol. The van der Waals surface area contributed by atoms with E-state index in [9.17, 15) is 13.2 Å². The van der Waals surface area contributed by atoms with Crippen molar-refractivity contribution in [3.8, 4) is 0 Å². The maximum atomic E-state index is 11.8. The number of likely N-dealkylation sites (N-methyl/N-ethyl adjacent to an activating group) is 1. The predicted molar refractivity (Wildman–Crippen MR) is 74.4 cm³/mol. The van der Waals surface area contributed by atoms with Gasteiger partial charge in [0.15, 0.2) is 9.84 Å².